The predicted molar refractivity (Wildman–Crippen MR) is 108 cm³/mol. The Labute approximate surface area is 160 Å². The van der Waals surface area contributed by atoms with E-state index in [9.17, 15) is 9.90 Å². The maximum absolute atomic E-state index is 12.7. The number of rotatable bonds is 10. The van der Waals surface area contributed by atoms with Crippen molar-refractivity contribution >= 4 is 17.3 Å². The molecule has 0 heterocycles. The van der Waals surface area contributed by atoms with E-state index in [1.165, 1.54) is 6.07 Å². The van der Waals surface area contributed by atoms with Crippen molar-refractivity contribution in [2.45, 2.75) is 39.5 Å². The third-order valence-electron chi connectivity index (χ3n) is 3.99. The molecule has 27 heavy (non-hydrogen) atoms. The molecule has 6 nitrogen and oxygen atoms in total. The Morgan fingerprint density at radius 1 is 1.04 bits per heavy atom. The third-order valence-corrected chi connectivity index (χ3v) is 3.99. The number of nitrogens with two attached hydrogens (primary N) is 1. The zero-order chi connectivity index (χ0) is 19.6. The lowest BCUT2D eigenvalue weighted by molar-refractivity contribution is 0.102. The number of carbonyl (C=O) groups excluding carboxylic acids is 1. The van der Waals surface area contributed by atoms with E-state index in [-0.39, 0.29) is 17.3 Å². The molecule has 1 amide bonds. The van der Waals surface area contributed by atoms with E-state index in [4.69, 9.17) is 15.2 Å². The number of anilines is 2. The molecule has 0 aliphatic heterocycles. The average molecular weight is 372 g/mol. The van der Waals surface area contributed by atoms with Crippen LogP contribution >= 0.6 is 0 Å². The number of ether oxygens (including phenoxy) is 2. The lowest BCUT2D eigenvalue weighted by Crippen LogP contribution is -2.14. The highest BCUT2D eigenvalue weighted by Crippen LogP contribution is 2.29. The molecule has 0 unspecified atom stereocenters. The summed E-state index contributed by atoms with van der Waals surface area (Å²) in [6.45, 7) is 5.31. The summed E-state index contributed by atoms with van der Waals surface area (Å²) in [5.74, 6) is 0.671. The van der Waals surface area contributed by atoms with Crippen LogP contribution < -0.4 is 20.5 Å². The maximum Gasteiger partial charge on any atom is 0.259 e. The van der Waals surface area contributed by atoms with Crippen LogP contribution in [0.15, 0.2) is 36.4 Å². The molecule has 0 aliphatic carbocycles. The molecule has 0 atom stereocenters. The third kappa shape index (κ3) is 6.09. The van der Waals surface area contributed by atoms with Crippen molar-refractivity contribution in [2.24, 2.45) is 0 Å². The molecule has 0 saturated heterocycles. The molecular weight excluding hydrogens is 344 g/mol. The zero-order valence-electron chi connectivity index (χ0n) is 16.0. The van der Waals surface area contributed by atoms with Gasteiger partial charge in [0.05, 0.1) is 24.5 Å². The molecule has 146 valence electrons. The number of hydrogen-bond acceptors (Lipinski definition) is 5. The molecule has 0 spiro atoms. The van der Waals surface area contributed by atoms with Gasteiger partial charge in [-0.3, -0.25) is 4.79 Å². The van der Waals surface area contributed by atoms with Gasteiger partial charge in [0.15, 0.2) is 0 Å². The first kappa shape index (κ1) is 20.4. The summed E-state index contributed by atoms with van der Waals surface area (Å²) in [5, 5.41) is 12.6. The Morgan fingerprint density at radius 3 is 2.41 bits per heavy atom. The molecule has 0 aliphatic rings. The number of phenolic OH excluding ortho intramolecular Hbond substituents is 1. The van der Waals surface area contributed by atoms with Gasteiger partial charge in [0.25, 0.3) is 5.91 Å². The second-order valence-corrected chi connectivity index (χ2v) is 6.29. The normalized spacial score (nSPS) is 10.4. The Hall–Kier alpha value is -2.89. The van der Waals surface area contributed by atoms with Gasteiger partial charge in [-0.1, -0.05) is 26.7 Å². The second-order valence-electron chi connectivity index (χ2n) is 6.29. The highest BCUT2D eigenvalue weighted by molar-refractivity contribution is 6.07. The summed E-state index contributed by atoms with van der Waals surface area (Å²) in [6, 6.07) is 9.72. The lowest BCUT2D eigenvalue weighted by Gasteiger charge is -2.14. The van der Waals surface area contributed by atoms with Crippen LogP contribution in [-0.2, 0) is 0 Å². The first-order chi connectivity index (χ1) is 13.0. The lowest BCUT2D eigenvalue weighted by atomic mass is 10.1. The first-order valence-electron chi connectivity index (χ1n) is 9.34. The van der Waals surface area contributed by atoms with Crippen molar-refractivity contribution in [1.29, 1.82) is 0 Å². The SMILES string of the molecule is CCCCOc1ccc(C(=O)Nc2ccc(N)cc2O)c(OCCCC)c1. The first-order valence-corrected chi connectivity index (χ1v) is 9.34. The van der Waals surface area contributed by atoms with Gasteiger partial charge in [-0.2, -0.15) is 0 Å². The molecule has 4 N–H and O–H groups in total. The number of phenols is 1. The fraction of sp³-hybridized carbons (Fsp3) is 0.381. The average Bonchev–Trinajstić information content (AvgIpc) is 2.64. The van der Waals surface area contributed by atoms with Crippen LogP contribution in [0.25, 0.3) is 0 Å². The van der Waals surface area contributed by atoms with Crippen LogP contribution in [0.2, 0.25) is 0 Å². The van der Waals surface area contributed by atoms with Gasteiger partial charge in [0.1, 0.15) is 17.2 Å². The minimum atomic E-state index is -0.373. The van der Waals surface area contributed by atoms with Gasteiger partial charge in [0.2, 0.25) is 0 Å². The van der Waals surface area contributed by atoms with Gasteiger partial charge < -0.3 is 25.6 Å². The molecule has 2 rings (SSSR count). The number of aromatic hydroxyl groups is 1. The summed E-state index contributed by atoms with van der Waals surface area (Å²) >= 11 is 0. The van der Waals surface area contributed by atoms with E-state index in [2.05, 4.69) is 19.2 Å². The van der Waals surface area contributed by atoms with Gasteiger partial charge in [0, 0.05) is 17.8 Å². The van der Waals surface area contributed by atoms with Crippen molar-refractivity contribution in [1.82, 2.24) is 0 Å². The molecule has 2 aromatic rings. The number of unbranched alkanes of at least 4 members (excludes halogenated alkanes) is 2. The Morgan fingerprint density at radius 2 is 1.74 bits per heavy atom. The summed E-state index contributed by atoms with van der Waals surface area (Å²) in [7, 11) is 0. The highest BCUT2D eigenvalue weighted by atomic mass is 16.5. The predicted octanol–water partition coefficient (Wildman–Crippen LogP) is 4.58. The van der Waals surface area contributed by atoms with E-state index in [1.807, 2.05) is 0 Å². The van der Waals surface area contributed by atoms with Gasteiger partial charge in [-0.05, 0) is 37.1 Å². The van der Waals surface area contributed by atoms with E-state index < -0.39 is 0 Å². The molecule has 0 radical (unpaired) electrons. The van der Waals surface area contributed by atoms with Crippen LogP contribution in [0, 0.1) is 0 Å². The molecule has 0 fully saturated rings. The number of nitrogen functional groups attached to an aromatic ring is 1. The summed E-state index contributed by atoms with van der Waals surface area (Å²) in [6.07, 6.45) is 3.89. The quantitative estimate of drug-likeness (QED) is 0.322. The van der Waals surface area contributed by atoms with Crippen LogP contribution in [0.1, 0.15) is 49.9 Å². The summed E-state index contributed by atoms with van der Waals surface area (Å²) < 4.78 is 11.5. The monoisotopic (exact) mass is 372 g/mol. The largest absolute Gasteiger partial charge is 0.506 e. The smallest absolute Gasteiger partial charge is 0.259 e. The molecule has 0 bridgehead atoms. The Kier molecular flexibility index (Phi) is 7.79. The van der Waals surface area contributed by atoms with Crippen LogP contribution in [-0.4, -0.2) is 24.2 Å². The van der Waals surface area contributed by atoms with Crippen LogP contribution in [0.3, 0.4) is 0 Å². The number of benzene rings is 2. The van der Waals surface area contributed by atoms with Crippen molar-refractivity contribution < 1.29 is 19.4 Å². The van der Waals surface area contributed by atoms with Gasteiger partial charge in [-0.25, -0.2) is 0 Å². The van der Waals surface area contributed by atoms with Crippen LogP contribution in [0.5, 0.6) is 17.2 Å². The van der Waals surface area contributed by atoms with Crippen molar-refractivity contribution in [3.05, 3.63) is 42.0 Å². The van der Waals surface area contributed by atoms with E-state index in [1.54, 1.807) is 30.3 Å². The molecule has 0 aromatic heterocycles. The van der Waals surface area contributed by atoms with Gasteiger partial charge >= 0.3 is 0 Å². The van der Waals surface area contributed by atoms with E-state index >= 15 is 0 Å². The van der Waals surface area contributed by atoms with Crippen molar-refractivity contribution in [3.63, 3.8) is 0 Å². The number of carbonyl (C=O) groups is 1. The minimum absolute atomic E-state index is 0.0867. The standard InChI is InChI=1S/C21H28N2O4/c1-3-5-11-26-16-8-9-17(20(14-16)27-12-6-4-2)21(25)23-18-10-7-15(22)13-19(18)24/h7-10,13-14,24H,3-6,11-12,22H2,1-2H3,(H,23,25). The maximum atomic E-state index is 12.7. The Balaban J connectivity index is 2.19. The fourth-order valence-electron chi connectivity index (χ4n) is 2.40. The topological polar surface area (TPSA) is 93.8 Å². The fourth-order valence-corrected chi connectivity index (χ4v) is 2.40. The molecule has 6 heteroatoms. The zero-order valence-corrected chi connectivity index (χ0v) is 16.0. The molecular formula is C21H28N2O4. The minimum Gasteiger partial charge on any atom is -0.506 e. The van der Waals surface area contributed by atoms with E-state index in [0.29, 0.717) is 36.0 Å². The number of hydrogen-bond donors (Lipinski definition) is 3. The highest BCUT2D eigenvalue weighted by Gasteiger charge is 2.16. The van der Waals surface area contributed by atoms with Crippen molar-refractivity contribution in [3.8, 4) is 17.2 Å². The summed E-state index contributed by atoms with van der Waals surface area (Å²) in [4.78, 5) is 12.7. The molecule has 0 saturated carbocycles. The van der Waals surface area contributed by atoms with Crippen LogP contribution in [0.4, 0.5) is 11.4 Å². The molecule has 2 aromatic carbocycles. The van der Waals surface area contributed by atoms with E-state index in [0.717, 1.165) is 25.7 Å². The summed E-state index contributed by atoms with van der Waals surface area (Å²) in [5.41, 5.74) is 6.71. The van der Waals surface area contributed by atoms with Gasteiger partial charge in [-0.15, -0.1) is 0 Å². The number of nitrogens with one attached hydrogen (secondary N) is 1. The Bertz CT molecular complexity index is 762. The second kappa shape index (κ2) is 10.3. The number of amides is 1. The van der Waals surface area contributed by atoms with Crippen molar-refractivity contribution in [2.75, 3.05) is 24.3 Å².